The van der Waals surface area contributed by atoms with Crippen molar-refractivity contribution in [2.24, 2.45) is 0 Å². The van der Waals surface area contributed by atoms with Crippen LogP contribution in [0, 0.1) is 0 Å². The number of hydrogen-bond donors (Lipinski definition) is 2. The number of rotatable bonds is 3. The van der Waals surface area contributed by atoms with Gasteiger partial charge < -0.3 is 15.4 Å². The van der Waals surface area contributed by atoms with E-state index in [-0.39, 0.29) is 5.91 Å². The molecular formula is C14H20N2O2. The Morgan fingerprint density at radius 1 is 1.39 bits per heavy atom. The summed E-state index contributed by atoms with van der Waals surface area (Å²) in [6.07, 6.45) is 0. The zero-order valence-corrected chi connectivity index (χ0v) is 11.3. The minimum Gasteiger partial charge on any atom is -0.476 e. The summed E-state index contributed by atoms with van der Waals surface area (Å²) in [6, 6.07) is 6.31. The Kier molecular flexibility index (Phi) is 3.30. The largest absolute Gasteiger partial charge is 0.476 e. The fourth-order valence-electron chi connectivity index (χ4n) is 1.78. The third-order valence-corrected chi connectivity index (χ3v) is 2.92. The second-order valence-electron chi connectivity index (χ2n) is 5.43. The van der Waals surface area contributed by atoms with Gasteiger partial charge >= 0.3 is 0 Å². The molecule has 1 aliphatic heterocycles. The number of nitrogens with one attached hydrogen (secondary N) is 2. The lowest BCUT2D eigenvalue weighted by Gasteiger charge is -2.31. The zero-order valence-electron chi connectivity index (χ0n) is 11.3. The third-order valence-electron chi connectivity index (χ3n) is 2.92. The molecule has 1 aromatic rings. The van der Waals surface area contributed by atoms with Crippen molar-refractivity contribution in [3.8, 4) is 5.75 Å². The maximum absolute atomic E-state index is 11.7. The molecular weight excluding hydrogens is 228 g/mol. The van der Waals surface area contributed by atoms with Gasteiger partial charge in [-0.05, 0) is 31.5 Å². The van der Waals surface area contributed by atoms with Gasteiger partial charge in [0.05, 0.1) is 5.69 Å². The fraction of sp³-hybridized carbons (Fsp3) is 0.500. The van der Waals surface area contributed by atoms with Crippen molar-refractivity contribution < 1.29 is 9.53 Å². The molecule has 0 saturated carbocycles. The van der Waals surface area contributed by atoms with Crippen molar-refractivity contribution in [1.82, 2.24) is 5.32 Å². The number of amides is 1. The SMILES string of the molecule is CC(C)NCc1ccc2c(c1)OC(C)(C)C(=O)N2. The smallest absolute Gasteiger partial charge is 0.268 e. The molecule has 0 saturated heterocycles. The molecule has 1 amide bonds. The van der Waals surface area contributed by atoms with Gasteiger partial charge in [0.1, 0.15) is 5.75 Å². The van der Waals surface area contributed by atoms with Crippen LogP contribution < -0.4 is 15.4 Å². The van der Waals surface area contributed by atoms with E-state index >= 15 is 0 Å². The van der Waals surface area contributed by atoms with E-state index in [0.717, 1.165) is 23.5 Å². The van der Waals surface area contributed by atoms with Gasteiger partial charge in [0.2, 0.25) is 0 Å². The molecule has 0 atom stereocenters. The summed E-state index contributed by atoms with van der Waals surface area (Å²) >= 11 is 0. The van der Waals surface area contributed by atoms with E-state index in [0.29, 0.717) is 6.04 Å². The first-order valence-electron chi connectivity index (χ1n) is 6.25. The van der Waals surface area contributed by atoms with Crippen LogP contribution in [0.1, 0.15) is 33.3 Å². The monoisotopic (exact) mass is 248 g/mol. The van der Waals surface area contributed by atoms with Gasteiger partial charge in [-0.2, -0.15) is 0 Å². The Labute approximate surface area is 108 Å². The van der Waals surface area contributed by atoms with Crippen molar-refractivity contribution in [2.75, 3.05) is 5.32 Å². The van der Waals surface area contributed by atoms with Crippen LogP contribution in [0.25, 0.3) is 0 Å². The molecule has 0 bridgehead atoms. The van der Waals surface area contributed by atoms with E-state index in [2.05, 4.69) is 24.5 Å². The molecule has 0 unspecified atom stereocenters. The molecule has 2 N–H and O–H groups in total. The lowest BCUT2D eigenvalue weighted by molar-refractivity contribution is -0.129. The summed E-state index contributed by atoms with van der Waals surface area (Å²) in [7, 11) is 0. The normalized spacial score (nSPS) is 17.1. The van der Waals surface area contributed by atoms with Gasteiger partial charge in [0, 0.05) is 12.6 Å². The van der Waals surface area contributed by atoms with E-state index in [9.17, 15) is 4.79 Å². The van der Waals surface area contributed by atoms with Gasteiger partial charge in [-0.25, -0.2) is 0 Å². The molecule has 1 aromatic carbocycles. The van der Waals surface area contributed by atoms with Crippen molar-refractivity contribution in [1.29, 1.82) is 0 Å². The van der Waals surface area contributed by atoms with Crippen LogP contribution >= 0.6 is 0 Å². The molecule has 18 heavy (non-hydrogen) atoms. The highest BCUT2D eigenvalue weighted by Gasteiger charge is 2.35. The number of hydrogen-bond acceptors (Lipinski definition) is 3. The second kappa shape index (κ2) is 4.61. The molecule has 1 aliphatic rings. The number of anilines is 1. The maximum Gasteiger partial charge on any atom is 0.268 e. The average Bonchev–Trinajstić information content (AvgIpc) is 2.27. The molecule has 98 valence electrons. The van der Waals surface area contributed by atoms with Crippen LogP contribution in [0.4, 0.5) is 5.69 Å². The molecule has 1 heterocycles. The van der Waals surface area contributed by atoms with E-state index < -0.39 is 5.60 Å². The predicted octanol–water partition coefficient (Wildman–Crippen LogP) is 2.29. The van der Waals surface area contributed by atoms with E-state index in [1.54, 1.807) is 13.8 Å². The first kappa shape index (κ1) is 12.9. The summed E-state index contributed by atoms with van der Waals surface area (Å²) in [5.74, 6) is 0.630. The van der Waals surface area contributed by atoms with Crippen molar-refractivity contribution in [2.45, 2.75) is 45.9 Å². The summed E-state index contributed by atoms with van der Waals surface area (Å²) in [5, 5.41) is 6.21. The molecule has 0 aliphatic carbocycles. The molecule has 0 radical (unpaired) electrons. The topological polar surface area (TPSA) is 50.4 Å². The van der Waals surface area contributed by atoms with Crippen LogP contribution in [-0.4, -0.2) is 17.6 Å². The van der Waals surface area contributed by atoms with Crippen LogP contribution in [0.3, 0.4) is 0 Å². The first-order chi connectivity index (χ1) is 8.38. The Hall–Kier alpha value is -1.55. The molecule has 4 nitrogen and oxygen atoms in total. The summed E-state index contributed by atoms with van der Waals surface area (Å²) in [5.41, 5.74) is 1.08. The highest BCUT2D eigenvalue weighted by molar-refractivity contribution is 6.00. The van der Waals surface area contributed by atoms with Crippen molar-refractivity contribution in [3.05, 3.63) is 23.8 Å². The molecule has 2 rings (SSSR count). The third kappa shape index (κ3) is 2.64. The van der Waals surface area contributed by atoms with Crippen LogP contribution in [0.2, 0.25) is 0 Å². The number of fused-ring (bicyclic) bond motifs is 1. The van der Waals surface area contributed by atoms with Gasteiger partial charge in [0.25, 0.3) is 5.91 Å². The van der Waals surface area contributed by atoms with Crippen molar-refractivity contribution >= 4 is 11.6 Å². The minimum atomic E-state index is -0.808. The summed E-state index contributed by atoms with van der Waals surface area (Å²) in [4.78, 5) is 11.7. The van der Waals surface area contributed by atoms with Crippen molar-refractivity contribution in [3.63, 3.8) is 0 Å². The summed E-state index contributed by atoms with van der Waals surface area (Å²) in [6.45, 7) is 8.55. The van der Waals surface area contributed by atoms with Crippen LogP contribution in [-0.2, 0) is 11.3 Å². The molecule has 0 aromatic heterocycles. The van der Waals surface area contributed by atoms with Gasteiger partial charge in [-0.15, -0.1) is 0 Å². The lowest BCUT2D eigenvalue weighted by atomic mass is 10.0. The van der Waals surface area contributed by atoms with Gasteiger partial charge in [0.15, 0.2) is 5.60 Å². The van der Waals surface area contributed by atoms with E-state index in [1.165, 1.54) is 0 Å². The number of carbonyl (C=O) groups is 1. The highest BCUT2D eigenvalue weighted by Crippen LogP contribution is 2.34. The second-order valence-corrected chi connectivity index (χ2v) is 5.43. The quantitative estimate of drug-likeness (QED) is 0.863. The van der Waals surface area contributed by atoms with Gasteiger partial charge in [-0.3, -0.25) is 4.79 Å². The fourth-order valence-corrected chi connectivity index (χ4v) is 1.78. The number of ether oxygens (including phenoxy) is 1. The maximum atomic E-state index is 11.7. The lowest BCUT2D eigenvalue weighted by Crippen LogP contribution is -2.45. The minimum absolute atomic E-state index is 0.108. The Morgan fingerprint density at radius 3 is 2.78 bits per heavy atom. The van der Waals surface area contributed by atoms with E-state index in [1.807, 2.05) is 18.2 Å². The molecule has 0 spiro atoms. The number of benzene rings is 1. The molecule has 4 heteroatoms. The Balaban J connectivity index is 2.20. The Morgan fingerprint density at radius 2 is 2.11 bits per heavy atom. The average molecular weight is 248 g/mol. The standard InChI is InChI=1S/C14H20N2O2/c1-9(2)15-8-10-5-6-11-12(7-10)18-14(3,4)13(17)16-11/h5-7,9,15H,8H2,1-4H3,(H,16,17). The van der Waals surface area contributed by atoms with Gasteiger partial charge in [-0.1, -0.05) is 19.9 Å². The van der Waals surface area contributed by atoms with Crippen LogP contribution in [0.15, 0.2) is 18.2 Å². The highest BCUT2D eigenvalue weighted by atomic mass is 16.5. The summed E-state index contributed by atoms with van der Waals surface area (Å²) < 4.78 is 5.74. The van der Waals surface area contributed by atoms with E-state index in [4.69, 9.17) is 4.74 Å². The predicted molar refractivity (Wildman–Crippen MR) is 71.8 cm³/mol. The first-order valence-corrected chi connectivity index (χ1v) is 6.25. The van der Waals surface area contributed by atoms with Crippen LogP contribution in [0.5, 0.6) is 5.75 Å². The zero-order chi connectivity index (χ0) is 13.3. The number of carbonyl (C=O) groups excluding carboxylic acids is 1. The Bertz CT molecular complexity index is 467. The molecule has 0 fully saturated rings.